The van der Waals surface area contributed by atoms with Gasteiger partial charge in [0.15, 0.2) is 0 Å². The van der Waals surface area contributed by atoms with Crippen LogP contribution in [0, 0.1) is 0 Å². The second-order valence-corrected chi connectivity index (χ2v) is 3.43. The molecule has 0 rings (SSSR count). The Morgan fingerprint density at radius 2 is 1.38 bits per heavy atom. The van der Waals surface area contributed by atoms with Crippen LogP contribution in [0.1, 0.15) is 34.7 Å². The van der Waals surface area contributed by atoms with Crippen molar-refractivity contribution in [2.24, 2.45) is 5.73 Å². The molecule has 0 bridgehead atoms. The minimum absolute atomic E-state index is 0. The van der Waals surface area contributed by atoms with E-state index in [-0.39, 0.29) is 27.4 Å². The van der Waals surface area contributed by atoms with Gasteiger partial charge in [-0.25, -0.2) is 0 Å². The van der Waals surface area contributed by atoms with Crippen LogP contribution in [0.5, 0.6) is 0 Å². The van der Waals surface area contributed by atoms with Gasteiger partial charge in [0.25, 0.3) is 0 Å². The molecule has 0 unspecified atom stereocenters. The van der Waals surface area contributed by atoms with Crippen LogP contribution in [0.15, 0.2) is 87.2 Å². The maximum atomic E-state index is 9.49. The van der Waals surface area contributed by atoms with Crippen molar-refractivity contribution < 1.29 is 26.5 Å². The Kier molecular flexibility index (Phi) is 11.2. The molecule has 3 N–H and O–H groups in total. The first-order valence-electron chi connectivity index (χ1n) is 6.02. The largest absolute Gasteiger partial charge is 0.387 e. The van der Waals surface area contributed by atoms with E-state index in [1.165, 1.54) is 6.08 Å². The molecule has 0 saturated heterocycles. The molecule has 0 aliphatic heterocycles. The highest BCUT2D eigenvalue weighted by molar-refractivity contribution is 4.95. The van der Waals surface area contributed by atoms with E-state index < -0.39 is 6.10 Å². The summed E-state index contributed by atoms with van der Waals surface area (Å²) in [6.07, 6.45) is 1.34. The third kappa shape index (κ3) is 11.6. The van der Waals surface area contributed by atoms with E-state index >= 15 is 0 Å². The van der Waals surface area contributed by atoms with Gasteiger partial charge in [0.05, 0.1) is 6.10 Å². The van der Waals surface area contributed by atoms with E-state index in [4.69, 9.17) is 5.73 Å². The van der Waals surface area contributed by atoms with Crippen molar-refractivity contribution in [1.29, 1.82) is 0 Å². The van der Waals surface area contributed by atoms with Crippen LogP contribution in [-0.4, -0.2) is 17.3 Å². The van der Waals surface area contributed by atoms with Gasteiger partial charge < -0.3 is 10.8 Å². The lowest BCUT2D eigenvalue weighted by Crippen LogP contribution is -2.31. The predicted octanol–water partition coefficient (Wildman–Crippen LogP) is 5.98. The smallest absolute Gasteiger partial charge is 0.0951 e. The van der Waals surface area contributed by atoms with Gasteiger partial charge in [-0.3, -0.25) is 0 Å². The van der Waals surface area contributed by atoms with Crippen molar-refractivity contribution in [3.05, 3.63) is 87.2 Å². The maximum absolute atomic E-state index is 9.49. The molecule has 0 aliphatic carbocycles. The van der Waals surface area contributed by atoms with Crippen molar-refractivity contribution in [1.82, 2.24) is 0 Å². The van der Waals surface area contributed by atoms with E-state index in [2.05, 4.69) is 81.1 Å². The lowest BCUT2D eigenvalue weighted by atomic mass is 10.1. The average molecular weight is 302 g/mol. The van der Waals surface area contributed by atoms with Gasteiger partial charge in [-0.2, -0.15) is 0 Å². The molecule has 0 amide bonds. The lowest BCUT2D eigenvalue weighted by Gasteiger charge is -2.10. The number of hydrogen-bond acceptors (Lipinski definition) is 2. The van der Waals surface area contributed by atoms with Gasteiger partial charge >= 0.3 is 0 Å². The second-order valence-electron chi connectivity index (χ2n) is 3.43. The summed E-state index contributed by atoms with van der Waals surface area (Å²) in [7, 11) is 0. The molecule has 2 atom stereocenters. The van der Waals surface area contributed by atoms with Crippen molar-refractivity contribution in [2.45, 2.75) is 25.5 Å². The zero-order chi connectivity index (χ0) is 15.8. The second kappa shape index (κ2) is 13.2. The lowest BCUT2D eigenvalue weighted by molar-refractivity contribution is 0.189. The van der Waals surface area contributed by atoms with Crippen LogP contribution in [0.4, 0.5) is 0 Å². The van der Waals surface area contributed by atoms with E-state index in [1.807, 2.05) is 6.92 Å². The Balaban J connectivity index is -0.0000000190. The SMILES string of the molecule is C=C=C=C=C=C=C=C=C=C=C=C=C=C=C[C@H](O)[C@@H](N)CC.[HH].[HH].[HH].[HH].[HH].[HH].[HH].[HH].[HH].[HH].[HH].[HH].[HH].[HH].[HH]. The van der Waals surface area contributed by atoms with Crippen LogP contribution >= 0.6 is 0 Å². The normalized spacial score (nSPS) is 9.10. The summed E-state index contributed by atoms with van der Waals surface area (Å²) in [4.78, 5) is 0. The number of aliphatic hydroxyl groups excluding tert-OH is 1. The molecule has 0 aliphatic rings. The molecule has 2 heteroatoms. The highest BCUT2D eigenvalue weighted by Gasteiger charge is 2.07. The van der Waals surface area contributed by atoms with E-state index in [1.54, 1.807) is 0 Å². The fourth-order valence-corrected chi connectivity index (χ4v) is 0.854. The Hall–Kier alpha value is -3.20. The molecule has 0 saturated carbocycles. The Morgan fingerprint density at radius 1 is 0.952 bits per heavy atom. The van der Waals surface area contributed by atoms with Crippen LogP contribution in [0.2, 0.25) is 0 Å². The molecule has 0 aromatic heterocycles. The highest BCUT2D eigenvalue weighted by atomic mass is 16.3. The summed E-state index contributed by atoms with van der Waals surface area (Å²) in [6.45, 7) is 5.19. The van der Waals surface area contributed by atoms with Gasteiger partial charge in [-0.05, 0) is 82.1 Å². The molecular formula is C19H43NO. The summed E-state index contributed by atoms with van der Waals surface area (Å²) < 4.78 is 0. The molecule has 0 heterocycles. The summed E-state index contributed by atoms with van der Waals surface area (Å²) in [6, 6.07) is -0.308. The fourth-order valence-electron chi connectivity index (χ4n) is 0.854. The minimum atomic E-state index is -0.749. The number of nitrogens with two attached hydrogens (primary N) is 1. The van der Waals surface area contributed by atoms with E-state index in [9.17, 15) is 5.11 Å². The molecule has 0 radical (unpaired) electrons. The summed E-state index contributed by atoms with van der Waals surface area (Å²) in [5.74, 6) is 0. The van der Waals surface area contributed by atoms with Crippen LogP contribution in [0.3, 0.4) is 0 Å². The first-order chi connectivity index (χ1) is 10.2. The Bertz CT molecular complexity index is 875. The summed E-state index contributed by atoms with van der Waals surface area (Å²) in [5, 5.41) is 9.49. The molecule has 0 spiro atoms. The Morgan fingerprint density at radius 3 is 1.81 bits per heavy atom. The first kappa shape index (κ1) is 17.8. The number of rotatable bonds is 3. The summed E-state index contributed by atoms with van der Waals surface area (Å²) in [5.41, 5.74) is 38.0. The van der Waals surface area contributed by atoms with E-state index in [0.29, 0.717) is 6.42 Å². The molecule has 130 valence electrons. The molecule has 0 aromatic rings. The topological polar surface area (TPSA) is 46.2 Å². The van der Waals surface area contributed by atoms with Crippen molar-refractivity contribution in [3.8, 4) is 0 Å². The zero-order valence-corrected chi connectivity index (χ0v) is 11.7. The molecule has 2 nitrogen and oxygen atoms in total. The third-order valence-corrected chi connectivity index (χ3v) is 1.95. The quantitative estimate of drug-likeness (QED) is 0.630. The maximum Gasteiger partial charge on any atom is 0.0951 e. The van der Waals surface area contributed by atoms with Crippen LogP contribution in [-0.2, 0) is 0 Å². The number of hydrogen-bond donors (Lipinski definition) is 2. The number of aliphatic hydroxyl groups is 1. The monoisotopic (exact) mass is 301 g/mol. The van der Waals surface area contributed by atoms with Crippen molar-refractivity contribution >= 4 is 0 Å². The zero-order valence-electron chi connectivity index (χ0n) is 11.7. The molecule has 0 aromatic carbocycles. The first-order valence-corrected chi connectivity index (χ1v) is 6.02. The standard InChI is InChI=1S/C19H13NO.15H2/c1-3-5-6-7-8-9-10-11-12-13-14-15-16-17-19(21)18(20)4-2;;;;;;;;;;;;;;;/h17-19,21H,1,4,20H2,2H3;15*1H/t18-,19-;;;;;;;;;;;;;;;/m0.............../s1. The third-order valence-electron chi connectivity index (χ3n) is 1.95. The van der Waals surface area contributed by atoms with Crippen LogP contribution < -0.4 is 5.73 Å². The van der Waals surface area contributed by atoms with Gasteiger partial charge in [-0.1, -0.05) is 18.4 Å². The molecule has 21 heavy (non-hydrogen) atoms. The molecule has 0 fully saturated rings. The predicted molar refractivity (Wildman–Crippen MR) is 112 cm³/mol. The average Bonchev–Trinajstić information content (AvgIpc) is 2.50. The Labute approximate surface area is 146 Å². The fraction of sp³-hybridized carbons (Fsp3) is 0.211. The summed E-state index contributed by atoms with van der Waals surface area (Å²) >= 11 is 0. The van der Waals surface area contributed by atoms with Crippen molar-refractivity contribution in [3.63, 3.8) is 0 Å². The van der Waals surface area contributed by atoms with Gasteiger partial charge in [0.1, 0.15) is 0 Å². The van der Waals surface area contributed by atoms with Gasteiger partial charge in [0.2, 0.25) is 0 Å². The van der Waals surface area contributed by atoms with Crippen molar-refractivity contribution in [2.75, 3.05) is 0 Å². The van der Waals surface area contributed by atoms with Gasteiger partial charge in [-0.15, -0.1) is 0 Å². The molecular weight excluding hydrogens is 258 g/mol. The van der Waals surface area contributed by atoms with Gasteiger partial charge in [0, 0.05) is 27.4 Å². The minimum Gasteiger partial charge on any atom is -0.387 e. The van der Waals surface area contributed by atoms with E-state index in [0.717, 1.165) is 0 Å². The van der Waals surface area contributed by atoms with Crippen LogP contribution in [0.25, 0.3) is 0 Å². The highest BCUT2D eigenvalue weighted by Crippen LogP contribution is 1.94.